The molecule has 0 bridgehead atoms. The summed E-state index contributed by atoms with van der Waals surface area (Å²) in [6.07, 6.45) is 2.04. The standard InChI is InChI=1S/C24H31N5O3/c1-24(2)23(32)26-11-13-29(24)21(31)10-9-20(30)28-12-5-7-17(15-28)22-18(25)14-16-6-3-4-8-19(16)27-22/h3-4,6,8,14,17H,5,7,9-13,15,25H2,1-2H3,(H,26,32)/t17-/m0/s1. The van der Waals surface area contributed by atoms with Crippen LogP contribution in [0.2, 0.25) is 0 Å². The number of benzene rings is 1. The smallest absolute Gasteiger partial charge is 0.245 e. The van der Waals surface area contributed by atoms with Gasteiger partial charge in [0.15, 0.2) is 0 Å². The summed E-state index contributed by atoms with van der Waals surface area (Å²) < 4.78 is 0. The molecule has 4 rings (SSSR count). The third kappa shape index (κ3) is 4.26. The lowest BCUT2D eigenvalue weighted by atomic mass is 9.92. The van der Waals surface area contributed by atoms with Crippen molar-refractivity contribution in [3.8, 4) is 0 Å². The number of anilines is 1. The molecule has 3 N–H and O–H groups in total. The SMILES string of the molecule is CC1(C)C(=O)NCCN1C(=O)CCC(=O)N1CCC[C@H](c2nc3ccccc3cc2N)C1. The fraction of sp³-hybridized carbons (Fsp3) is 0.500. The zero-order valence-corrected chi connectivity index (χ0v) is 18.8. The number of piperazine rings is 1. The van der Waals surface area contributed by atoms with Crippen LogP contribution in [-0.2, 0) is 14.4 Å². The number of hydrogen-bond donors (Lipinski definition) is 2. The maximum atomic E-state index is 12.9. The van der Waals surface area contributed by atoms with Crippen molar-refractivity contribution in [2.45, 2.75) is 51.0 Å². The number of para-hydroxylation sites is 1. The van der Waals surface area contributed by atoms with Gasteiger partial charge < -0.3 is 20.9 Å². The molecule has 3 amide bonds. The number of nitrogen functional groups attached to an aromatic ring is 1. The molecule has 2 fully saturated rings. The fourth-order valence-electron chi connectivity index (χ4n) is 4.74. The molecule has 170 valence electrons. The van der Waals surface area contributed by atoms with Crippen molar-refractivity contribution < 1.29 is 14.4 Å². The summed E-state index contributed by atoms with van der Waals surface area (Å²) in [5, 5.41) is 3.79. The number of carbonyl (C=O) groups excluding carboxylic acids is 3. The van der Waals surface area contributed by atoms with Gasteiger partial charge in [-0.2, -0.15) is 0 Å². The van der Waals surface area contributed by atoms with Crippen LogP contribution in [0.3, 0.4) is 0 Å². The van der Waals surface area contributed by atoms with Gasteiger partial charge >= 0.3 is 0 Å². The molecule has 32 heavy (non-hydrogen) atoms. The van der Waals surface area contributed by atoms with Gasteiger partial charge in [-0.3, -0.25) is 19.4 Å². The summed E-state index contributed by atoms with van der Waals surface area (Å²) in [6, 6.07) is 9.83. The Balaban J connectivity index is 1.39. The number of amides is 3. The van der Waals surface area contributed by atoms with E-state index < -0.39 is 5.54 Å². The highest BCUT2D eigenvalue weighted by Gasteiger charge is 2.40. The lowest BCUT2D eigenvalue weighted by molar-refractivity contribution is -0.150. The van der Waals surface area contributed by atoms with Gasteiger partial charge in [-0.05, 0) is 38.8 Å². The van der Waals surface area contributed by atoms with Crippen LogP contribution < -0.4 is 11.1 Å². The third-order valence-corrected chi connectivity index (χ3v) is 6.65. The summed E-state index contributed by atoms with van der Waals surface area (Å²) in [7, 11) is 0. The van der Waals surface area contributed by atoms with Crippen LogP contribution in [0.5, 0.6) is 0 Å². The molecular weight excluding hydrogens is 406 g/mol. The number of piperidine rings is 1. The van der Waals surface area contributed by atoms with E-state index in [1.165, 1.54) is 0 Å². The van der Waals surface area contributed by atoms with Gasteiger partial charge in [0.2, 0.25) is 17.7 Å². The molecule has 8 heteroatoms. The van der Waals surface area contributed by atoms with Gasteiger partial charge in [0.1, 0.15) is 5.54 Å². The summed E-state index contributed by atoms with van der Waals surface area (Å²) in [6.45, 7) is 5.60. The molecule has 2 aromatic rings. The molecular formula is C24H31N5O3. The molecule has 0 radical (unpaired) electrons. The summed E-state index contributed by atoms with van der Waals surface area (Å²) >= 11 is 0. The van der Waals surface area contributed by atoms with Crippen LogP contribution in [0.4, 0.5) is 5.69 Å². The van der Waals surface area contributed by atoms with E-state index in [0.29, 0.717) is 31.9 Å². The minimum Gasteiger partial charge on any atom is -0.397 e. The average molecular weight is 438 g/mol. The van der Waals surface area contributed by atoms with E-state index in [1.54, 1.807) is 18.7 Å². The number of rotatable bonds is 4. The molecule has 0 unspecified atom stereocenters. The Kier molecular flexibility index (Phi) is 6.04. The quantitative estimate of drug-likeness (QED) is 0.761. The first kappa shape index (κ1) is 22.0. The van der Waals surface area contributed by atoms with Crippen molar-refractivity contribution in [3.63, 3.8) is 0 Å². The minimum absolute atomic E-state index is 0.0401. The van der Waals surface area contributed by atoms with E-state index in [0.717, 1.165) is 29.4 Å². The molecule has 8 nitrogen and oxygen atoms in total. The van der Waals surface area contributed by atoms with Crippen LogP contribution in [-0.4, -0.2) is 64.2 Å². The van der Waals surface area contributed by atoms with Gasteiger partial charge in [-0.25, -0.2) is 0 Å². The van der Waals surface area contributed by atoms with E-state index in [4.69, 9.17) is 10.7 Å². The highest BCUT2D eigenvalue weighted by molar-refractivity contribution is 5.93. The topological polar surface area (TPSA) is 109 Å². The number of carbonyl (C=O) groups is 3. The van der Waals surface area contributed by atoms with E-state index in [1.807, 2.05) is 35.2 Å². The molecule has 0 saturated carbocycles. The second-order valence-electron chi connectivity index (χ2n) is 9.19. The largest absolute Gasteiger partial charge is 0.397 e. The number of nitrogens with one attached hydrogen (secondary N) is 1. The van der Waals surface area contributed by atoms with Gasteiger partial charge in [-0.15, -0.1) is 0 Å². The second-order valence-corrected chi connectivity index (χ2v) is 9.19. The maximum Gasteiger partial charge on any atom is 0.245 e. The first-order chi connectivity index (χ1) is 15.3. The van der Waals surface area contributed by atoms with Crippen molar-refractivity contribution in [2.24, 2.45) is 0 Å². The van der Waals surface area contributed by atoms with Crippen molar-refractivity contribution >= 4 is 34.3 Å². The van der Waals surface area contributed by atoms with Crippen LogP contribution in [0.25, 0.3) is 10.9 Å². The molecule has 2 aliphatic heterocycles. The number of aromatic nitrogens is 1. The Hall–Kier alpha value is -3.16. The number of nitrogens with two attached hydrogens (primary N) is 1. The lowest BCUT2D eigenvalue weighted by Crippen LogP contribution is -2.63. The molecule has 3 heterocycles. The van der Waals surface area contributed by atoms with Gasteiger partial charge in [0.25, 0.3) is 0 Å². The highest BCUT2D eigenvalue weighted by Crippen LogP contribution is 2.31. The molecule has 1 aromatic carbocycles. The van der Waals surface area contributed by atoms with Gasteiger partial charge in [-0.1, -0.05) is 18.2 Å². The van der Waals surface area contributed by atoms with E-state index in [9.17, 15) is 14.4 Å². The predicted molar refractivity (Wildman–Crippen MR) is 123 cm³/mol. The number of nitrogens with zero attached hydrogens (tertiary/aromatic N) is 3. The predicted octanol–water partition coefficient (Wildman–Crippen LogP) is 2.04. The minimum atomic E-state index is -0.895. The Bertz CT molecular complexity index is 1050. The maximum absolute atomic E-state index is 12.9. The number of hydrogen-bond acceptors (Lipinski definition) is 5. The third-order valence-electron chi connectivity index (χ3n) is 6.65. The van der Waals surface area contributed by atoms with Gasteiger partial charge in [0, 0.05) is 50.3 Å². The monoisotopic (exact) mass is 437 g/mol. The molecule has 2 saturated heterocycles. The first-order valence-electron chi connectivity index (χ1n) is 11.3. The summed E-state index contributed by atoms with van der Waals surface area (Å²) in [5.41, 5.74) is 7.82. The normalized spacial score (nSPS) is 20.8. The summed E-state index contributed by atoms with van der Waals surface area (Å²) in [4.78, 5) is 46.0. The van der Waals surface area contributed by atoms with Crippen molar-refractivity contribution in [2.75, 3.05) is 31.9 Å². The highest BCUT2D eigenvalue weighted by atomic mass is 16.2. The molecule has 1 atom stereocenters. The average Bonchev–Trinajstić information content (AvgIpc) is 2.78. The van der Waals surface area contributed by atoms with Crippen molar-refractivity contribution in [1.29, 1.82) is 0 Å². The lowest BCUT2D eigenvalue weighted by Gasteiger charge is -2.41. The number of pyridine rings is 1. The zero-order chi connectivity index (χ0) is 22.9. The van der Waals surface area contributed by atoms with E-state index in [-0.39, 0.29) is 36.5 Å². The molecule has 0 aliphatic carbocycles. The molecule has 0 spiro atoms. The number of fused-ring (bicyclic) bond motifs is 1. The van der Waals surface area contributed by atoms with Crippen molar-refractivity contribution in [3.05, 3.63) is 36.0 Å². The Morgan fingerprint density at radius 3 is 2.75 bits per heavy atom. The van der Waals surface area contributed by atoms with Crippen LogP contribution in [0.15, 0.2) is 30.3 Å². The van der Waals surface area contributed by atoms with Crippen LogP contribution >= 0.6 is 0 Å². The first-order valence-corrected chi connectivity index (χ1v) is 11.3. The Labute approximate surface area is 188 Å². The Morgan fingerprint density at radius 1 is 1.19 bits per heavy atom. The van der Waals surface area contributed by atoms with Crippen LogP contribution in [0, 0.1) is 0 Å². The van der Waals surface area contributed by atoms with Gasteiger partial charge in [0.05, 0.1) is 16.9 Å². The molecule has 1 aromatic heterocycles. The fourth-order valence-corrected chi connectivity index (χ4v) is 4.74. The van der Waals surface area contributed by atoms with E-state index >= 15 is 0 Å². The van der Waals surface area contributed by atoms with E-state index in [2.05, 4.69) is 5.32 Å². The van der Waals surface area contributed by atoms with Crippen LogP contribution in [0.1, 0.15) is 51.1 Å². The molecule has 2 aliphatic rings. The second kappa shape index (κ2) is 8.76. The summed E-state index contributed by atoms with van der Waals surface area (Å²) in [5.74, 6) is -0.283. The Morgan fingerprint density at radius 2 is 1.94 bits per heavy atom. The van der Waals surface area contributed by atoms with Crippen molar-refractivity contribution in [1.82, 2.24) is 20.1 Å². The number of likely N-dealkylation sites (tertiary alicyclic amines) is 1. The zero-order valence-electron chi connectivity index (χ0n) is 18.8.